The van der Waals surface area contributed by atoms with Crippen molar-refractivity contribution in [1.82, 2.24) is 14.4 Å². The van der Waals surface area contributed by atoms with Crippen LogP contribution in [0.1, 0.15) is 39.6 Å². The predicted molar refractivity (Wildman–Crippen MR) is 104 cm³/mol. The van der Waals surface area contributed by atoms with E-state index in [4.69, 9.17) is 9.72 Å². The van der Waals surface area contributed by atoms with Gasteiger partial charge in [-0.05, 0) is 49.1 Å². The molecule has 1 unspecified atom stereocenters. The van der Waals surface area contributed by atoms with E-state index in [1.807, 2.05) is 59.9 Å². The smallest absolute Gasteiger partial charge is 0.235 e. The number of imidazole rings is 1. The number of hydrogen-bond donors (Lipinski definition) is 0. The fraction of sp³-hybridized carbons (Fsp3) is 0.227. The fourth-order valence-corrected chi connectivity index (χ4v) is 4.17. The molecular formula is C22H19N3O2. The zero-order valence-corrected chi connectivity index (χ0v) is 15.3. The van der Waals surface area contributed by atoms with Gasteiger partial charge in [0.05, 0.1) is 29.4 Å². The van der Waals surface area contributed by atoms with Crippen LogP contribution in [-0.2, 0) is 6.42 Å². The number of fused-ring (bicyclic) bond motifs is 4. The highest BCUT2D eigenvalue weighted by atomic mass is 16.5. The van der Waals surface area contributed by atoms with Gasteiger partial charge in [-0.15, -0.1) is 0 Å². The van der Waals surface area contributed by atoms with E-state index in [1.165, 1.54) is 0 Å². The summed E-state index contributed by atoms with van der Waals surface area (Å²) in [7, 11) is 1.65. The van der Waals surface area contributed by atoms with Crippen LogP contribution >= 0.6 is 0 Å². The molecule has 1 atom stereocenters. The van der Waals surface area contributed by atoms with Gasteiger partial charge in [-0.25, -0.2) is 9.97 Å². The van der Waals surface area contributed by atoms with Crippen molar-refractivity contribution in [1.29, 1.82) is 0 Å². The fourth-order valence-electron chi connectivity index (χ4n) is 4.17. The first-order valence-corrected chi connectivity index (χ1v) is 9.09. The Morgan fingerprint density at radius 2 is 1.81 bits per heavy atom. The molecule has 0 aliphatic heterocycles. The summed E-state index contributed by atoms with van der Waals surface area (Å²) >= 11 is 0. The van der Waals surface area contributed by atoms with Crippen LogP contribution in [0.25, 0.3) is 16.8 Å². The van der Waals surface area contributed by atoms with Crippen LogP contribution in [0.15, 0.2) is 48.5 Å². The number of ether oxygens (including phenoxy) is 1. The minimum Gasteiger partial charge on any atom is -0.497 e. The number of nitrogens with zero attached hydrogens (tertiary/aromatic N) is 3. The second-order valence-corrected chi connectivity index (χ2v) is 7.06. The molecule has 0 saturated carbocycles. The third-order valence-electron chi connectivity index (χ3n) is 5.50. The summed E-state index contributed by atoms with van der Waals surface area (Å²) in [5, 5.41) is 0. The van der Waals surface area contributed by atoms with Gasteiger partial charge in [0.25, 0.3) is 0 Å². The number of ketones is 1. The van der Waals surface area contributed by atoms with E-state index in [1.54, 1.807) is 7.11 Å². The zero-order chi connectivity index (χ0) is 18.5. The highest BCUT2D eigenvalue weighted by Gasteiger charge is 2.30. The molecule has 2 aromatic heterocycles. The summed E-state index contributed by atoms with van der Waals surface area (Å²) in [5.74, 6) is 1.77. The van der Waals surface area contributed by atoms with E-state index < -0.39 is 0 Å². The molecule has 134 valence electrons. The Morgan fingerprint density at radius 3 is 2.59 bits per heavy atom. The summed E-state index contributed by atoms with van der Waals surface area (Å²) in [6.07, 6.45) is 1.24. The second-order valence-electron chi connectivity index (χ2n) is 7.06. The van der Waals surface area contributed by atoms with Gasteiger partial charge in [0.15, 0.2) is 5.78 Å². The lowest BCUT2D eigenvalue weighted by Crippen LogP contribution is -2.23. The summed E-state index contributed by atoms with van der Waals surface area (Å²) in [4.78, 5) is 22.5. The van der Waals surface area contributed by atoms with Crippen LogP contribution < -0.4 is 4.74 Å². The lowest BCUT2D eigenvalue weighted by molar-refractivity contribution is 0.0962. The number of carbonyl (C=O) groups excluding carboxylic acids is 1. The minimum atomic E-state index is 0.134. The van der Waals surface area contributed by atoms with Crippen molar-refractivity contribution >= 4 is 22.6 Å². The van der Waals surface area contributed by atoms with E-state index in [9.17, 15) is 4.79 Å². The van der Waals surface area contributed by atoms with Gasteiger partial charge < -0.3 is 4.74 Å². The Hall–Kier alpha value is -3.21. The number of hydrogen-bond acceptors (Lipinski definition) is 4. The third kappa shape index (κ3) is 2.42. The molecule has 0 radical (unpaired) electrons. The van der Waals surface area contributed by atoms with Gasteiger partial charge in [-0.3, -0.25) is 9.20 Å². The Kier molecular flexibility index (Phi) is 3.50. The van der Waals surface area contributed by atoms with Crippen molar-refractivity contribution < 1.29 is 9.53 Å². The Balaban J connectivity index is 1.64. The van der Waals surface area contributed by atoms with Gasteiger partial charge >= 0.3 is 0 Å². The van der Waals surface area contributed by atoms with Gasteiger partial charge in [-0.2, -0.15) is 0 Å². The van der Waals surface area contributed by atoms with Gasteiger partial charge in [0.2, 0.25) is 5.78 Å². The van der Waals surface area contributed by atoms with Crippen molar-refractivity contribution in [2.24, 2.45) is 0 Å². The SMILES string of the molecule is COc1ccc(C2CC(=O)c3c(nc4nc5ccccc5n4c3C)C2)cc1. The quantitative estimate of drug-likeness (QED) is 0.542. The number of aromatic nitrogens is 3. The molecular weight excluding hydrogens is 338 g/mol. The number of para-hydroxylation sites is 2. The zero-order valence-electron chi connectivity index (χ0n) is 15.3. The molecule has 0 N–H and O–H groups in total. The molecule has 0 bridgehead atoms. The average molecular weight is 357 g/mol. The Morgan fingerprint density at radius 1 is 1.04 bits per heavy atom. The predicted octanol–water partition coefficient (Wildman–Crippen LogP) is 4.11. The first kappa shape index (κ1) is 16.0. The largest absolute Gasteiger partial charge is 0.497 e. The molecule has 27 heavy (non-hydrogen) atoms. The number of benzene rings is 2. The standard InChI is InChI=1S/C22H19N3O2/c1-13-21-18(24-22-23-17-5-3-4-6-19(17)25(13)22)11-15(12-20(21)26)14-7-9-16(27-2)10-8-14/h3-10,15H,11-12H2,1-2H3. The Labute approximate surface area is 156 Å². The molecule has 4 aromatic rings. The summed E-state index contributed by atoms with van der Waals surface area (Å²) in [5.41, 5.74) is 5.58. The number of aryl methyl sites for hydroxylation is 1. The van der Waals surface area contributed by atoms with Crippen molar-refractivity contribution in [2.45, 2.75) is 25.7 Å². The number of Topliss-reactive ketones (excluding diaryl/α,β-unsaturated/α-hetero) is 1. The minimum absolute atomic E-state index is 0.134. The second kappa shape index (κ2) is 5.91. The van der Waals surface area contributed by atoms with Crippen LogP contribution in [-0.4, -0.2) is 27.3 Å². The lowest BCUT2D eigenvalue weighted by Gasteiger charge is -2.25. The third-order valence-corrected chi connectivity index (χ3v) is 5.50. The van der Waals surface area contributed by atoms with Crippen molar-refractivity contribution in [3.63, 3.8) is 0 Å². The molecule has 2 heterocycles. The van der Waals surface area contributed by atoms with Crippen LogP contribution in [0.2, 0.25) is 0 Å². The van der Waals surface area contributed by atoms with E-state index in [0.717, 1.165) is 45.7 Å². The van der Waals surface area contributed by atoms with Gasteiger partial charge in [0, 0.05) is 12.1 Å². The number of carbonyl (C=O) groups is 1. The molecule has 1 aliphatic rings. The molecule has 0 spiro atoms. The number of methoxy groups -OCH3 is 1. The van der Waals surface area contributed by atoms with Crippen molar-refractivity contribution in [3.05, 3.63) is 71.0 Å². The number of rotatable bonds is 2. The molecule has 2 aromatic carbocycles. The molecule has 5 rings (SSSR count). The maximum absolute atomic E-state index is 13.0. The van der Waals surface area contributed by atoms with Crippen molar-refractivity contribution in [3.8, 4) is 5.75 Å². The highest BCUT2D eigenvalue weighted by Crippen LogP contribution is 2.35. The Bertz CT molecular complexity index is 1190. The maximum atomic E-state index is 13.0. The maximum Gasteiger partial charge on any atom is 0.235 e. The summed E-state index contributed by atoms with van der Waals surface area (Å²) in [6.45, 7) is 1.99. The first-order chi connectivity index (χ1) is 13.2. The average Bonchev–Trinajstić information content (AvgIpc) is 3.06. The van der Waals surface area contributed by atoms with E-state index in [2.05, 4.69) is 4.98 Å². The van der Waals surface area contributed by atoms with E-state index in [-0.39, 0.29) is 11.7 Å². The monoisotopic (exact) mass is 357 g/mol. The first-order valence-electron chi connectivity index (χ1n) is 9.09. The van der Waals surface area contributed by atoms with Crippen LogP contribution in [0, 0.1) is 6.92 Å². The summed E-state index contributed by atoms with van der Waals surface area (Å²) in [6, 6.07) is 15.9. The molecule has 0 fully saturated rings. The molecule has 1 aliphatic carbocycles. The van der Waals surface area contributed by atoms with Crippen LogP contribution in [0.5, 0.6) is 5.75 Å². The van der Waals surface area contributed by atoms with Crippen LogP contribution in [0.3, 0.4) is 0 Å². The van der Waals surface area contributed by atoms with E-state index >= 15 is 0 Å². The van der Waals surface area contributed by atoms with Crippen molar-refractivity contribution in [2.75, 3.05) is 7.11 Å². The normalized spacial score (nSPS) is 16.7. The van der Waals surface area contributed by atoms with Crippen LogP contribution in [0.4, 0.5) is 0 Å². The topological polar surface area (TPSA) is 56.5 Å². The van der Waals surface area contributed by atoms with Gasteiger partial charge in [-0.1, -0.05) is 24.3 Å². The molecule has 5 nitrogen and oxygen atoms in total. The van der Waals surface area contributed by atoms with Gasteiger partial charge in [0.1, 0.15) is 5.75 Å². The molecule has 0 amide bonds. The van der Waals surface area contributed by atoms with E-state index in [0.29, 0.717) is 12.2 Å². The lowest BCUT2D eigenvalue weighted by atomic mass is 9.81. The molecule has 5 heteroatoms. The summed E-state index contributed by atoms with van der Waals surface area (Å²) < 4.78 is 7.24. The molecule has 0 saturated heterocycles. The highest BCUT2D eigenvalue weighted by molar-refractivity contribution is 6.00.